The molecule has 1 aromatic heterocycles. The predicted molar refractivity (Wildman–Crippen MR) is 48.7 cm³/mol. The van der Waals surface area contributed by atoms with E-state index in [0.717, 1.165) is 17.6 Å². The minimum absolute atomic E-state index is 0.920. The zero-order chi connectivity index (χ0) is 8.27. The molecule has 0 aliphatic rings. The molecule has 0 fully saturated rings. The molecule has 0 atom stereocenters. The van der Waals surface area contributed by atoms with E-state index in [1.807, 2.05) is 7.05 Å². The number of aromatic nitrogens is 2. The smallest absolute Gasteiger partial charge is 0.131 e. The second-order valence-corrected chi connectivity index (χ2v) is 3.22. The molecule has 0 spiro atoms. The van der Waals surface area contributed by atoms with Gasteiger partial charge in [-0.15, -0.1) is 0 Å². The highest BCUT2D eigenvalue weighted by molar-refractivity contribution is 9.10. The van der Waals surface area contributed by atoms with Gasteiger partial charge in [-0.3, -0.25) is 5.10 Å². The van der Waals surface area contributed by atoms with Gasteiger partial charge in [0.25, 0.3) is 0 Å². The van der Waals surface area contributed by atoms with Gasteiger partial charge in [-0.1, -0.05) is 0 Å². The second-order valence-electron chi connectivity index (χ2n) is 2.47. The number of likely N-dealkylation sites (N-methyl/N-ethyl adjacent to an activating group) is 1. The molecule has 0 aromatic carbocycles. The molecule has 0 unspecified atom stereocenters. The first kappa shape index (κ1) is 8.74. The molecule has 0 saturated carbocycles. The van der Waals surface area contributed by atoms with Crippen LogP contribution in [-0.4, -0.2) is 23.8 Å². The zero-order valence-corrected chi connectivity index (χ0v) is 8.33. The van der Waals surface area contributed by atoms with Crippen molar-refractivity contribution in [1.82, 2.24) is 15.5 Å². The number of aromatic amines is 1. The van der Waals surface area contributed by atoms with E-state index < -0.39 is 0 Å². The van der Waals surface area contributed by atoms with Crippen LogP contribution in [0.2, 0.25) is 0 Å². The predicted octanol–water partition coefficient (Wildman–Crippen LogP) is 1.24. The molecule has 4 heteroatoms. The molecule has 11 heavy (non-hydrogen) atoms. The number of rotatable bonds is 3. The summed E-state index contributed by atoms with van der Waals surface area (Å²) in [5.41, 5.74) is 2.41. The number of halogens is 1. The van der Waals surface area contributed by atoms with E-state index >= 15 is 0 Å². The molecule has 0 amide bonds. The average Bonchev–Trinajstić information content (AvgIpc) is 2.31. The van der Waals surface area contributed by atoms with E-state index in [1.54, 1.807) is 0 Å². The van der Waals surface area contributed by atoms with Crippen molar-refractivity contribution in [2.24, 2.45) is 0 Å². The molecular formula is C7H12BrN3. The van der Waals surface area contributed by atoms with Crippen molar-refractivity contribution in [3.63, 3.8) is 0 Å². The van der Waals surface area contributed by atoms with E-state index in [9.17, 15) is 0 Å². The Morgan fingerprint density at radius 3 is 2.82 bits per heavy atom. The molecule has 2 N–H and O–H groups in total. The fourth-order valence-corrected chi connectivity index (χ4v) is 1.23. The van der Waals surface area contributed by atoms with Gasteiger partial charge < -0.3 is 5.32 Å². The Bertz CT molecular complexity index is 232. The van der Waals surface area contributed by atoms with Crippen LogP contribution in [0.4, 0.5) is 0 Å². The summed E-state index contributed by atoms with van der Waals surface area (Å²) in [5, 5.41) is 10.1. The van der Waals surface area contributed by atoms with Crippen LogP contribution in [0.15, 0.2) is 4.60 Å². The van der Waals surface area contributed by atoms with E-state index in [-0.39, 0.29) is 0 Å². The van der Waals surface area contributed by atoms with Crippen molar-refractivity contribution in [2.75, 3.05) is 13.6 Å². The third-order valence-corrected chi connectivity index (χ3v) is 2.45. The summed E-state index contributed by atoms with van der Waals surface area (Å²) in [6.07, 6.45) is 1.00. The largest absolute Gasteiger partial charge is 0.319 e. The Morgan fingerprint density at radius 2 is 2.36 bits per heavy atom. The van der Waals surface area contributed by atoms with Gasteiger partial charge >= 0.3 is 0 Å². The molecule has 0 radical (unpaired) electrons. The van der Waals surface area contributed by atoms with E-state index in [2.05, 4.69) is 38.4 Å². The fourth-order valence-electron chi connectivity index (χ4n) is 0.902. The van der Waals surface area contributed by atoms with Crippen LogP contribution in [0, 0.1) is 6.92 Å². The lowest BCUT2D eigenvalue weighted by atomic mass is 10.2. The molecule has 1 heterocycles. The SMILES string of the molecule is CNCCc1[nH]nc(Br)c1C. The molecule has 0 aliphatic carbocycles. The summed E-state index contributed by atoms with van der Waals surface area (Å²) in [7, 11) is 1.95. The Kier molecular flexibility index (Phi) is 3.08. The van der Waals surface area contributed by atoms with Crippen LogP contribution >= 0.6 is 15.9 Å². The maximum Gasteiger partial charge on any atom is 0.131 e. The minimum atomic E-state index is 0.920. The first-order chi connectivity index (χ1) is 5.25. The standard InChI is InChI=1S/C7H12BrN3/c1-5-6(3-4-9-2)10-11-7(5)8/h9H,3-4H2,1-2H3,(H,10,11). The molecule has 1 rings (SSSR count). The van der Waals surface area contributed by atoms with Crippen molar-refractivity contribution in [2.45, 2.75) is 13.3 Å². The quantitative estimate of drug-likeness (QED) is 0.801. The number of nitrogens with zero attached hydrogens (tertiary/aromatic N) is 1. The molecule has 1 aromatic rings. The lowest BCUT2D eigenvalue weighted by molar-refractivity contribution is 0.769. The van der Waals surface area contributed by atoms with Crippen LogP contribution in [0.25, 0.3) is 0 Å². The van der Waals surface area contributed by atoms with Crippen LogP contribution < -0.4 is 5.32 Å². The number of hydrogen-bond acceptors (Lipinski definition) is 2. The summed E-state index contributed by atoms with van der Waals surface area (Å²) in [6, 6.07) is 0. The van der Waals surface area contributed by atoms with E-state index in [0.29, 0.717) is 0 Å². The van der Waals surface area contributed by atoms with Gasteiger partial charge in [-0.25, -0.2) is 0 Å². The molecule has 62 valence electrons. The lowest BCUT2D eigenvalue weighted by Crippen LogP contribution is -2.11. The molecule has 0 aliphatic heterocycles. The van der Waals surface area contributed by atoms with E-state index in [4.69, 9.17) is 0 Å². The van der Waals surface area contributed by atoms with Gasteiger partial charge in [-0.2, -0.15) is 5.10 Å². The van der Waals surface area contributed by atoms with Crippen LogP contribution in [0.3, 0.4) is 0 Å². The van der Waals surface area contributed by atoms with Gasteiger partial charge in [0.15, 0.2) is 0 Å². The van der Waals surface area contributed by atoms with Crippen LogP contribution in [0.5, 0.6) is 0 Å². The fraction of sp³-hybridized carbons (Fsp3) is 0.571. The molecular weight excluding hydrogens is 206 g/mol. The molecule has 0 bridgehead atoms. The van der Waals surface area contributed by atoms with Crippen LogP contribution in [0.1, 0.15) is 11.3 Å². The van der Waals surface area contributed by atoms with Gasteiger partial charge in [0.2, 0.25) is 0 Å². The zero-order valence-electron chi connectivity index (χ0n) is 6.74. The summed E-state index contributed by atoms with van der Waals surface area (Å²) in [4.78, 5) is 0. The van der Waals surface area contributed by atoms with Crippen molar-refractivity contribution in [3.05, 3.63) is 15.9 Å². The average molecular weight is 218 g/mol. The molecule has 0 saturated heterocycles. The topological polar surface area (TPSA) is 40.7 Å². The third-order valence-electron chi connectivity index (χ3n) is 1.68. The highest BCUT2D eigenvalue weighted by Crippen LogP contribution is 2.15. The van der Waals surface area contributed by atoms with Gasteiger partial charge in [-0.05, 0) is 29.9 Å². The van der Waals surface area contributed by atoms with Gasteiger partial charge in [0.05, 0.1) is 0 Å². The lowest BCUT2D eigenvalue weighted by Gasteiger charge is -1.96. The van der Waals surface area contributed by atoms with Gasteiger partial charge in [0.1, 0.15) is 4.60 Å². The van der Waals surface area contributed by atoms with Gasteiger partial charge in [0, 0.05) is 24.2 Å². The molecule has 3 nitrogen and oxygen atoms in total. The Labute approximate surface area is 74.7 Å². The number of H-pyrrole nitrogens is 1. The second kappa shape index (κ2) is 3.88. The first-order valence-corrected chi connectivity index (χ1v) is 4.39. The maximum absolute atomic E-state index is 4.03. The van der Waals surface area contributed by atoms with E-state index in [1.165, 1.54) is 11.3 Å². The van der Waals surface area contributed by atoms with Crippen molar-refractivity contribution < 1.29 is 0 Å². The van der Waals surface area contributed by atoms with Crippen molar-refractivity contribution >= 4 is 15.9 Å². The van der Waals surface area contributed by atoms with Crippen LogP contribution in [-0.2, 0) is 6.42 Å². The Balaban J connectivity index is 2.63. The number of hydrogen-bond donors (Lipinski definition) is 2. The summed E-state index contributed by atoms with van der Waals surface area (Å²) < 4.78 is 0.920. The summed E-state index contributed by atoms with van der Waals surface area (Å²) >= 11 is 3.35. The highest BCUT2D eigenvalue weighted by Gasteiger charge is 2.04. The Hall–Kier alpha value is -0.350. The van der Waals surface area contributed by atoms with Crippen molar-refractivity contribution in [3.8, 4) is 0 Å². The monoisotopic (exact) mass is 217 g/mol. The van der Waals surface area contributed by atoms with Crippen molar-refractivity contribution in [1.29, 1.82) is 0 Å². The summed E-state index contributed by atoms with van der Waals surface area (Å²) in [6.45, 7) is 3.04. The Morgan fingerprint density at radius 1 is 1.64 bits per heavy atom. The maximum atomic E-state index is 4.03. The normalized spacial score (nSPS) is 10.5. The first-order valence-electron chi connectivity index (χ1n) is 3.59. The highest BCUT2D eigenvalue weighted by atomic mass is 79.9. The summed E-state index contributed by atoms with van der Waals surface area (Å²) in [5.74, 6) is 0. The third kappa shape index (κ3) is 2.04. The number of nitrogens with one attached hydrogen (secondary N) is 2. The minimum Gasteiger partial charge on any atom is -0.319 e.